The molecule has 0 amide bonds. The number of rotatable bonds is 6. The average molecular weight is 290 g/mol. The van der Waals surface area contributed by atoms with Crippen molar-refractivity contribution < 1.29 is 19.5 Å². The Morgan fingerprint density at radius 2 is 2.14 bits per heavy atom. The van der Waals surface area contributed by atoms with Crippen LogP contribution in [0.1, 0.15) is 11.1 Å². The lowest BCUT2D eigenvalue weighted by Crippen LogP contribution is -2.02. The summed E-state index contributed by atoms with van der Waals surface area (Å²) in [5, 5.41) is 20.0. The Morgan fingerprint density at radius 1 is 1.33 bits per heavy atom. The number of hydrogen-bond donors (Lipinski definition) is 1. The molecule has 0 radical (unpaired) electrons. The second-order valence-corrected chi connectivity index (χ2v) is 4.17. The smallest absolute Gasteiger partial charge is 0.270 e. The van der Waals surface area contributed by atoms with Gasteiger partial charge in [0, 0.05) is 23.9 Å². The molecule has 7 nitrogen and oxygen atoms in total. The highest BCUT2D eigenvalue weighted by molar-refractivity contribution is 5.43. The predicted octanol–water partition coefficient (Wildman–Crippen LogP) is 2.07. The van der Waals surface area contributed by atoms with E-state index < -0.39 is 4.92 Å². The highest BCUT2D eigenvalue weighted by Crippen LogP contribution is 2.26. The van der Waals surface area contributed by atoms with Crippen molar-refractivity contribution in [2.24, 2.45) is 0 Å². The first-order chi connectivity index (χ1) is 10.2. The Kier molecular flexibility index (Phi) is 4.68. The fraction of sp³-hybridized carbons (Fsp3) is 0.214. The molecule has 0 saturated heterocycles. The van der Waals surface area contributed by atoms with E-state index in [1.54, 1.807) is 18.3 Å². The monoisotopic (exact) mass is 290 g/mol. The molecule has 0 spiro atoms. The molecule has 2 rings (SSSR count). The fourth-order valence-electron chi connectivity index (χ4n) is 1.82. The summed E-state index contributed by atoms with van der Waals surface area (Å²) in [6.45, 7) is -0.164. The topological polar surface area (TPSA) is 94.7 Å². The van der Waals surface area contributed by atoms with Crippen molar-refractivity contribution in [2.75, 3.05) is 7.11 Å². The number of nitro benzene ring substituents is 1. The lowest BCUT2D eigenvalue weighted by molar-refractivity contribution is -0.385. The van der Waals surface area contributed by atoms with E-state index in [9.17, 15) is 15.2 Å². The van der Waals surface area contributed by atoms with Crippen LogP contribution in [-0.2, 0) is 13.2 Å². The van der Waals surface area contributed by atoms with Gasteiger partial charge in [-0.05, 0) is 18.2 Å². The van der Waals surface area contributed by atoms with Crippen LogP contribution in [0.15, 0.2) is 36.5 Å². The predicted molar refractivity (Wildman–Crippen MR) is 74.1 cm³/mol. The molecule has 0 saturated carbocycles. The quantitative estimate of drug-likeness (QED) is 0.646. The van der Waals surface area contributed by atoms with Gasteiger partial charge in [0.2, 0.25) is 5.88 Å². The summed E-state index contributed by atoms with van der Waals surface area (Å²) in [6, 6.07) is 7.64. The van der Waals surface area contributed by atoms with Gasteiger partial charge in [0.05, 0.1) is 24.2 Å². The Bertz CT molecular complexity index is 645. The van der Waals surface area contributed by atoms with E-state index >= 15 is 0 Å². The molecule has 1 aromatic heterocycles. The maximum atomic E-state index is 10.7. The van der Waals surface area contributed by atoms with Crippen LogP contribution >= 0.6 is 0 Å². The molecular formula is C14H14N2O5. The fourth-order valence-corrected chi connectivity index (χ4v) is 1.82. The molecule has 0 atom stereocenters. The number of nitrogens with zero attached hydrogens (tertiary/aromatic N) is 2. The molecule has 1 N–H and O–H groups in total. The van der Waals surface area contributed by atoms with Crippen molar-refractivity contribution in [3.05, 3.63) is 57.8 Å². The molecule has 0 aliphatic rings. The molecular weight excluding hydrogens is 276 g/mol. The zero-order chi connectivity index (χ0) is 15.2. The minimum Gasteiger partial charge on any atom is -0.488 e. The van der Waals surface area contributed by atoms with E-state index in [2.05, 4.69) is 4.98 Å². The third-order valence-corrected chi connectivity index (χ3v) is 2.85. The van der Waals surface area contributed by atoms with Crippen molar-refractivity contribution in [3.8, 4) is 11.6 Å². The molecule has 1 heterocycles. The maximum Gasteiger partial charge on any atom is 0.270 e. The van der Waals surface area contributed by atoms with E-state index in [0.717, 1.165) is 5.56 Å². The third kappa shape index (κ3) is 3.46. The zero-order valence-electron chi connectivity index (χ0n) is 11.4. The number of hydrogen-bond acceptors (Lipinski definition) is 6. The highest BCUT2D eigenvalue weighted by Gasteiger charge is 2.12. The van der Waals surface area contributed by atoms with Gasteiger partial charge < -0.3 is 14.6 Å². The lowest BCUT2D eigenvalue weighted by Gasteiger charge is -2.11. The summed E-state index contributed by atoms with van der Waals surface area (Å²) in [6.07, 6.45) is 1.60. The highest BCUT2D eigenvalue weighted by atomic mass is 16.6. The van der Waals surface area contributed by atoms with E-state index in [0.29, 0.717) is 17.2 Å². The molecule has 0 aliphatic carbocycles. The summed E-state index contributed by atoms with van der Waals surface area (Å²) in [5.74, 6) is 0.832. The van der Waals surface area contributed by atoms with Gasteiger partial charge in [-0.25, -0.2) is 4.98 Å². The minimum atomic E-state index is -0.521. The van der Waals surface area contributed by atoms with E-state index in [1.807, 2.05) is 0 Å². The molecule has 1 aromatic carbocycles. The number of aromatic nitrogens is 1. The second-order valence-electron chi connectivity index (χ2n) is 4.17. The van der Waals surface area contributed by atoms with E-state index in [4.69, 9.17) is 9.47 Å². The van der Waals surface area contributed by atoms with Crippen molar-refractivity contribution in [1.82, 2.24) is 4.98 Å². The summed E-state index contributed by atoms with van der Waals surface area (Å²) >= 11 is 0. The van der Waals surface area contributed by atoms with Gasteiger partial charge in [0.15, 0.2) is 0 Å². The maximum absolute atomic E-state index is 10.7. The summed E-state index contributed by atoms with van der Waals surface area (Å²) in [7, 11) is 1.51. The van der Waals surface area contributed by atoms with Crippen molar-refractivity contribution >= 4 is 5.69 Å². The molecule has 0 fully saturated rings. The summed E-state index contributed by atoms with van der Waals surface area (Å²) in [4.78, 5) is 14.2. The van der Waals surface area contributed by atoms with Gasteiger partial charge in [-0.1, -0.05) is 0 Å². The molecule has 2 aromatic rings. The van der Waals surface area contributed by atoms with Crippen molar-refractivity contribution in [3.63, 3.8) is 0 Å². The van der Waals surface area contributed by atoms with E-state index in [-0.39, 0.29) is 18.9 Å². The van der Waals surface area contributed by atoms with Gasteiger partial charge >= 0.3 is 0 Å². The number of pyridine rings is 1. The first kappa shape index (κ1) is 14.7. The van der Waals surface area contributed by atoms with Gasteiger partial charge in [-0.3, -0.25) is 10.1 Å². The average Bonchev–Trinajstić information content (AvgIpc) is 2.52. The number of aliphatic hydroxyl groups is 1. The second kappa shape index (κ2) is 6.67. The van der Waals surface area contributed by atoms with Crippen LogP contribution in [0.4, 0.5) is 5.69 Å². The van der Waals surface area contributed by atoms with Crippen LogP contribution in [0, 0.1) is 10.1 Å². The van der Waals surface area contributed by atoms with Crippen molar-refractivity contribution in [1.29, 1.82) is 0 Å². The van der Waals surface area contributed by atoms with Crippen LogP contribution in [-0.4, -0.2) is 22.1 Å². The third-order valence-electron chi connectivity index (χ3n) is 2.85. The molecule has 0 aliphatic heterocycles. The van der Waals surface area contributed by atoms with Gasteiger partial charge in [-0.2, -0.15) is 0 Å². The van der Waals surface area contributed by atoms with Gasteiger partial charge in [0.25, 0.3) is 5.69 Å². The number of ether oxygens (including phenoxy) is 2. The normalized spacial score (nSPS) is 10.2. The molecule has 0 bridgehead atoms. The number of aliphatic hydroxyl groups excluding tert-OH is 1. The first-order valence-corrected chi connectivity index (χ1v) is 6.14. The SMILES string of the molecule is COc1ncccc1COc1ccc([N+](=O)[O-])cc1CO. The molecule has 110 valence electrons. The molecule has 21 heavy (non-hydrogen) atoms. The van der Waals surface area contributed by atoms with Crippen LogP contribution in [0.2, 0.25) is 0 Å². The van der Waals surface area contributed by atoms with Crippen LogP contribution < -0.4 is 9.47 Å². The largest absolute Gasteiger partial charge is 0.488 e. The Labute approximate surface area is 120 Å². The number of benzene rings is 1. The Balaban J connectivity index is 2.18. The van der Waals surface area contributed by atoms with E-state index in [1.165, 1.54) is 25.3 Å². The Hall–Kier alpha value is -2.67. The lowest BCUT2D eigenvalue weighted by atomic mass is 10.2. The molecule has 0 unspecified atom stereocenters. The number of methoxy groups -OCH3 is 1. The summed E-state index contributed by atoms with van der Waals surface area (Å²) in [5.41, 5.74) is 1.000. The van der Waals surface area contributed by atoms with Crippen molar-refractivity contribution in [2.45, 2.75) is 13.2 Å². The van der Waals surface area contributed by atoms with Gasteiger partial charge in [0.1, 0.15) is 12.4 Å². The minimum absolute atomic E-state index is 0.0923. The van der Waals surface area contributed by atoms with Gasteiger partial charge in [-0.15, -0.1) is 0 Å². The zero-order valence-corrected chi connectivity index (χ0v) is 11.4. The Morgan fingerprint density at radius 3 is 2.81 bits per heavy atom. The number of nitro groups is 1. The van der Waals surface area contributed by atoms with Crippen LogP contribution in [0.5, 0.6) is 11.6 Å². The molecule has 7 heteroatoms. The standard InChI is InChI=1S/C14H14N2O5/c1-20-14-10(3-2-6-15-14)9-21-13-5-4-12(16(18)19)7-11(13)8-17/h2-7,17H,8-9H2,1H3. The van der Waals surface area contributed by atoms with Crippen LogP contribution in [0.3, 0.4) is 0 Å². The van der Waals surface area contributed by atoms with Crippen LogP contribution in [0.25, 0.3) is 0 Å². The summed E-state index contributed by atoms with van der Waals surface area (Å²) < 4.78 is 10.7. The number of non-ortho nitro benzene ring substituents is 1. The first-order valence-electron chi connectivity index (χ1n) is 6.14.